The summed E-state index contributed by atoms with van der Waals surface area (Å²) in [6.07, 6.45) is 0. The van der Waals surface area contributed by atoms with Gasteiger partial charge in [0, 0.05) is 16.4 Å². The third-order valence-electron chi connectivity index (χ3n) is 3.56. The number of anilines is 1. The molecule has 1 amide bonds. The number of hydrogen-bond acceptors (Lipinski definition) is 4. The Labute approximate surface area is 152 Å². The van der Waals surface area contributed by atoms with E-state index in [1.54, 1.807) is 42.5 Å². The highest BCUT2D eigenvalue weighted by molar-refractivity contribution is 7.08. The smallest absolute Gasteiger partial charge is 0.337 e. The number of carbonyl (C=O) groups is 2. The first-order valence-corrected chi connectivity index (χ1v) is 8.17. The first kappa shape index (κ1) is 13.2. The van der Waals surface area contributed by atoms with Crippen LogP contribution in [0.15, 0.2) is 59.3 Å². The Bertz CT molecular complexity index is 1010. The van der Waals surface area contributed by atoms with Gasteiger partial charge in [0.25, 0.3) is 5.91 Å². The van der Waals surface area contributed by atoms with Crippen LogP contribution in [0.4, 0.5) is 5.69 Å². The molecule has 3 rings (SSSR count). The summed E-state index contributed by atoms with van der Waals surface area (Å²) in [6, 6.07) is 13.6. The molecule has 0 spiro atoms. The van der Waals surface area contributed by atoms with E-state index in [2.05, 4.69) is 5.32 Å². The van der Waals surface area contributed by atoms with Crippen molar-refractivity contribution in [2.45, 2.75) is 0 Å². The first-order chi connectivity index (χ1) is 13.2. The van der Waals surface area contributed by atoms with E-state index < -0.39 is 18.9 Å². The van der Waals surface area contributed by atoms with Gasteiger partial charge in [0.15, 0.2) is 0 Å². The second-order valence-electron chi connectivity index (χ2n) is 5.17. The molecule has 0 aliphatic heterocycles. The van der Waals surface area contributed by atoms with Crippen LogP contribution in [0.3, 0.4) is 0 Å². The molecule has 6 heteroatoms. The molecular formula is C19H15NO4S. The highest BCUT2D eigenvalue weighted by Crippen LogP contribution is 2.25. The van der Waals surface area contributed by atoms with Gasteiger partial charge in [-0.2, -0.15) is 11.3 Å². The lowest BCUT2D eigenvalue weighted by Crippen LogP contribution is -2.14. The fourth-order valence-electron chi connectivity index (χ4n) is 2.32. The van der Waals surface area contributed by atoms with Crippen molar-refractivity contribution >= 4 is 28.9 Å². The monoisotopic (exact) mass is 356 g/mol. The lowest BCUT2D eigenvalue weighted by atomic mass is 10.1. The van der Waals surface area contributed by atoms with Gasteiger partial charge in [0.05, 0.1) is 22.3 Å². The Morgan fingerprint density at radius 3 is 2.56 bits per heavy atom. The largest absolute Gasteiger partial charge is 0.497 e. The van der Waals surface area contributed by atoms with Crippen molar-refractivity contribution in [3.63, 3.8) is 0 Å². The maximum atomic E-state index is 12.3. The van der Waals surface area contributed by atoms with Gasteiger partial charge in [-0.1, -0.05) is 24.3 Å². The third-order valence-corrected chi connectivity index (χ3v) is 4.31. The Morgan fingerprint density at radius 1 is 1.08 bits per heavy atom. The number of carboxylic acid groups (broad SMARTS) is 1. The van der Waals surface area contributed by atoms with E-state index in [0.717, 1.165) is 22.5 Å². The zero-order chi connectivity index (χ0) is 20.3. The molecule has 3 aromatic rings. The van der Waals surface area contributed by atoms with E-state index in [4.69, 9.17) is 14.0 Å². The van der Waals surface area contributed by atoms with Crippen LogP contribution in [0.2, 0.25) is 0 Å². The Balaban J connectivity index is 1.75. The maximum absolute atomic E-state index is 12.3. The SMILES string of the molecule is [2H]C([2H])([2H])Oc1cccc(-c2ccc(NC(=O)c3cscc3C(=O)O)cc2)c1. The van der Waals surface area contributed by atoms with Crippen molar-refractivity contribution in [3.05, 3.63) is 70.4 Å². The van der Waals surface area contributed by atoms with Crippen molar-refractivity contribution in [3.8, 4) is 16.9 Å². The summed E-state index contributed by atoms with van der Waals surface area (Å²) in [5, 5.41) is 14.7. The number of methoxy groups -OCH3 is 1. The molecule has 5 nitrogen and oxygen atoms in total. The van der Waals surface area contributed by atoms with Gasteiger partial charge < -0.3 is 15.2 Å². The van der Waals surface area contributed by atoms with Crippen LogP contribution >= 0.6 is 11.3 Å². The van der Waals surface area contributed by atoms with Gasteiger partial charge in [0.2, 0.25) is 0 Å². The Hall–Kier alpha value is -3.12. The molecule has 0 unspecified atom stereocenters. The van der Waals surface area contributed by atoms with Crippen LogP contribution in [0.5, 0.6) is 5.75 Å². The fraction of sp³-hybridized carbons (Fsp3) is 0.0526. The van der Waals surface area contributed by atoms with Crippen LogP contribution in [0.25, 0.3) is 11.1 Å². The number of carboxylic acids is 1. The normalized spacial score (nSPS) is 12.6. The van der Waals surface area contributed by atoms with Crippen LogP contribution in [0.1, 0.15) is 24.8 Å². The molecular weight excluding hydrogens is 338 g/mol. The summed E-state index contributed by atoms with van der Waals surface area (Å²) in [5.41, 5.74) is 2.13. The number of benzene rings is 2. The number of ether oxygens (including phenoxy) is 1. The summed E-state index contributed by atoms with van der Waals surface area (Å²) in [6.45, 7) is 0. The molecule has 0 saturated carbocycles. The molecule has 2 aromatic carbocycles. The fourth-order valence-corrected chi connectivity index (χ4v) is 3.12. The van der Waals surface area contributed by atoms with Crippen molar-refractivity contribution < 1.29 is 23.5 Å². The van der Waals surface area contributed by atoms with Gasteiger partial charge >= 0.3 is 5.97 Å². The summed E-state index contributed by atoms with van der Waals surface area (Å²) >= 11 is 1.14. The lowest BCUT2D eigenvalue weighted by Gasteiger charge is -2.08. The molecule has 25 heavy (non-hydrogen) atoms. The highest BCUT2D eigenvalue weighted by atomic mass is 32.1. The lowest BCUT2D eigenvalue weighted by molar-refractivity contribution is 0.0693. The Morgan fingerprint density at radius 2 is 1.84 bits per heavy atom. The number of nitrogens with one attached hydrogen (secondary N) is 1. The number of carbonyl (C=O) groups excluding carboxylic acids is 1. The van der Waals surface area contributed by atoms with Gasteiger partial charge in [0.1, 0.15) is 5.75 Å². The zero-order valence-corrected chi connectivity index (χ0v) is 13.7. The number of thiophene rings is 1. The van der Waals surface area contributed by atoms with Crippen LogP contribution in [-0.2, 0) is 0 Å². The molecule has 0 saturated heterocycles. The van der Waals surface area contributed by atoms with E-state index >= 15 is 0 Å². The number of hydrogen-bond donors (Lipinski definition) is 2. The van der Waals surface area contributed by atoms with Crippen LogP contribution in [-0.4, -0.2) is 24.0 Å². The standard InChI is InChI=1S/C19H15NO4S/c1-24-15-4-2-3-13(9-15)12-5-7-14(8-6-12)20-18(21)16-10-25-11-17(16)19(22)23/h2-11H,1H3,(H,20,21)(H,22,23)/i1D3. The number of aromatic carboxylic acids is 1. The van der Waals surface area contributed by atoms with E-state index in [9.17, 15) is 9.59 Å². The molecule has 0 radical (unpaired) electrons. The van der Waals surface area contributed by atoms with E-state index in [1.807, 2.05) is 6.07 Å². The molecule has 0 fully saturated rings. The minimum absolute atomic E-state index is 0.0369. The molecule has 1 heterocycles. The van der Waals surface area contributed by atoms with Crippen LogP contribution < -0.4 is 10.1 Å². The molecule has 2 N–H and O–H groups in total. The summed E-state index contributed by atoms with van der Waals surface area (Å²) in [4.78, 5) is 23.4. The summed E-state index contributed by atoms with van der Waals surface area (Å²) in [7, 11) is -2.52. The zero-order valence-electron chi connectivity index (χ0n) is 15.9. The van der Waals surface area contributed by atoms with Gasteiger partial charge in [-0.3, -0.25) is 4.79 Å². The summed E-state index contributed by atoms with van der Waals surface area (Å²) in [5.74, 6) is -1.42. The molecule has 0 atom stereocenters. The van der Waals surface area contributed by atoms with Gasteiger partial charge in [-0.15, -0.1) is 0 Å². The average Bonchev–Trinajstić information content (AvgIpc) is 3.11. The minimum atomic E-state index is -2.52. The summed E-state index contributed by atoms with van der Waals surface area (Å²) < 4.78 is 26.4. The number of rotatable bonds is 5. The molecule has 0 aliphatic rings. The van der Waals surface area contributed by atoms with Crippen LogP contribution in [0, 0.1) is 0 Å². The molecule has 126 valence electrons. The quantitative estimate of drug-likeness (QED) is 0.711. The first-order valence-electron chi connectivity index (χ1n) is 8.73. The van der Waals surface area contributed by atoms with E-state index in [1.165, 1.54) is 10.8 Å². The minimum Gasteiger partial charge on any atom is -0.497 e. The van der Waals surface area contributed by atoms with Crippen molar-refractivity contribution in [1.82, 2.24) is 0 Å². The Kier molecular flexibility index (Phi) is 3.80. The predicted molar refractivity (Wildman–Crippen MR) is 97.7 cm³/mol. The van der Waals surface area contributed by atoms with Crippen molar-refractivity contribution in [2.24, 2.45) is 0 Å². The third kappa shape index (κ3) is 3.70. The van der Waals surface area contributed by atoms with Gasteiger partial charge in [-0.25, -0.2) is 4.79 Å². The second-order valence-corrected chi connectivity index (χ2v) is 5.91. The van der Waals surface area contributed by atoms with E-state index in [0.29, 0.717) is 5.69 Å². The average molecular weight is 356 g/mol. The second kappa shape index (κ2) is 7.19. The van der Waals surface area contributed by atoms with Gasteiger partial charge in [-0.05, 0) is 35.4 Å². The molecule has 0 bridgehead atoms. The molecule has 0 aliphatic carbocycles. The predicted octanol–water partition coefficient (Wildman–Crippen LogP) is 4.37. The maximum Gasteiger partial charge on any atom is 0.337 e. The number of amides is 1. The molecule has 1 aromatic heterocycles. The topological polar surface area (TPSA) is 75.6 Å². The van der Waals surface area contributed by atoms with E-state index in [-0.39, 0.29) is 16.9 Å². The highest BCUT2D eigenvalue weighted by Gasteiger charge is 2.17. The van der Waals surface area contributed by atoms with Crippen molar-refractivity contribution in [1.29, 1.82) is 0 Å². The van der Waals surface area contributed by atoms with Crippen molar-refractivity contribution in [2.75, 3.05) is 12.4 Å².